The first kappa shape index (κ1) is 14.6. The quantitative estimate of drug-likeness (QED) is 0.871. The van der Waals surface area contributed by atoms with E-state index in [1.165, 1.54) is 6.07 Å². The molecule has 0 fully saturated rings. The summed E-state index contributed by atoms with van der Waals surface area (Å²) < 4.78 is 46.9. The largest absolute Gasteiger partial charge is 0.428 e. The van der Waals surface area contributed by atoms with Crippen molar-refractivity contribution in [2.24, 2.45) is 0 Å². The van der Waals surface area contributed by atoms with Gasteiger partial charge < -0.3 is 10.5 Å². The third-order valence-electron chi connectivity index (χ3n) is 2.46. The molecule has 0 saturated heterocycles. The highest BCUT2D eigenvalue weighted by Gasteiger charge is 2.31. The molecule has 0 aliphatic heterocycles. The molecule has 0 saturated carbocycles. The summed E-state index contributed by atoms with van der Waals surface area (Å²) in [7, 11) is 0. The van der Waals surface area contributed by atoms with Crippen LogP contribution in [0.2, 0.25) is 0 Å². The van der Waals surface area contributed by atoms with E-state index in [-0.39, 0.29) is 16.6 Å². The monoisotopic (exact) mass is 303 g/mol. The summed E-state index contributed by atoms with van der Waals surface area (Å²) in [5.41, 5.74) is 4.66. The van der Waals surface area contributed by atoms with Crippen molar-refractivity contribution in [1.82, 2.24) is 9.36 Å². The zero-order valence-electron chi connectivity index (χ0n) is 10.6. The Morgan fingerprint density at radius 2 is 2.10 bits per heavy atom. The highest BCUT2D eigenvalue weighted by Crippen LogP contribution is 2.35. The van der Waals surface area contributed by atoms with Crippen LogP contribution < -0.4 is 10.5 Å². The van der Waals surface area contributed by atoms with E-state index in [0.29, 0.717) is 5.82 Å². The maximum Gasteiger partial charge on any atom is 0.416 e. The van der Waals surface area contributed by atoms with Crippen molar-refractivity contribution < 1.29 is 17.9 Å². The van der Waals surface area contributed by atoms with Gasteiger partial charge in [0.05, 0.1) is 11.3 Å². The fourth-order valence-electron chi connectivity index (χ4n) is 1.52. The van der Waals surface area contributed by atoms with Crippen molar-refractivity contribution in [3.8, 4) is 10.9 Å². The second-order valence-electron chi connectivity index (χ2n) is 4.08. The average molecular weight is 303 g/mol. The van der Waals surface area contributed by atoms with Gasteiger partial charge in [-0.2, -0.15) is 22.5 Å². The van der Waals surface area contributed by atoms with Crippen LogP contribution in [-0.2, 0) is 12.6 Å². The molecule has 2 aromatic rings. The normalized spacial score (nSPS) is 11.6. The van der Waals surface area contributed by atoms with Crippen molar-refractivity contribution in [1.29, 1.82) is 0 Å². The lowest BCUT2D eigenvalue weighted by molar-refractivity contribution is -0.137. The Labute approximate surface area is 117 Å². The molecule has 108 valence electrons. The number of hydrogen-bond donors (Lipinski definition) is 1. The number of aryl methyl sites for hydroxylation is 1. The van der Waals surface area contributed by atoms with E-state index in [0.717, 1.165) is 36.5 Å². The zero-order chi connectivity index (χ0) is 14.8. The van der Waals surface area contributed by atoms with E-state index in [1.807, 2.05) is 6.92 Å². The molecule has 4 nitrogen and oxygen atoms in total. The van der Waals surface area contributed by atoms with Gasteiger partial charge in [-0.1, -0.05) is 6.92 Å². The van der Waals surface area contributed by atoms with Gasteiger partial charge in [-0.25, -0.2) is 0 Å². The Hall–Kier alpha value is -1.83. The van der Waals surface area contributed by atoms with Crippen molar-refractivity contribution in [2.75, 3.05) is 5.73 Å². The summed E-state index contributed by atoms with van der Waals surface area (Å²) >= 11 is 1.04. The summed E-state index contributed by atoms with van der Waals surface area (Å²) in [5, 5.41) is 0.264. The number of aromatic nitrogens is 2. The molecule has 1 aromatic heterocycles. The molecule has 0 amide bonds. The minimum atomic E-state index is -4.43. The molecule has 1 aromatic carbocycles. The fourth-order valence-corrected chi connectivity index (χ4v) is 2.11. The second-order valence-corrected chi connectivity index (χ2v) is 4.79. The van der Waals surface area contributed by atoms with Crippen LogP contribution >= 0.6 is 11.5 Å². The van der Waals surface area contributed by atoms with Crippen LogP contribution in [0.5, 0.6) is 10.9 Å². The van der Waals surface area contributed by atoms with E-state index in [4.69, 9.17) is 10.5 Å². The highest BCUT2D eigenvalue weighted by atomic mass is 32.1. The summed E-state index contributed by atoms with van der Waals surface area (Å²) in [6.45, 7) is 2.00. The minimum Gasteiger partial charge on any atom is -0.428 e. The molecule has 0 spiro atoms. The van der Waals surface area contributed by atoms with Gasteiger partial charge in [-0.05, 0) is 24.6 Å². The molecule has 8 heteroatoms. The topological polar surface area (TPSA) is 61.0 Å². The minimum absolute atomic E-state index is 0.0907. The number of benzene rings is 1. The molecule has 0 aliphatic carbocycles. The maximum atomic E-state index is 12.5. The van der Waals surface area contributed by atoms with Crippen LogP contribution in [0.25, 0.3) is 0 Å². The van der Waals surface area contributed by atoms with Crippen LogP contribution in [0.15, 0.2) is 18.2 Å². The molecule has 1 heterocycles. The number of nitrogens with zero attached hydrogens (tertiary/aromatic N) is 2. The van der Waals surface area contributed by atoms with Crippen LogP contribution in [0.4, 0.5) is 18.9 Å². The first-order valence-corrected chi connectivity index (χ1v) is 6.64. The van der Waals surface area contributed by atoms with Crippen molar-refractivity contribution >= 4 is 17.2 Å². The zero-order valence-corrected chi connectivity index (χ0v) is 11.4. The molecular formula is C12H12F3N3OS. The number of alkyl halides is 3. The van der Waals surface area contributed by atoms with E-state index >= 15 is 0 Å². The molecular weight excluding hydrogens is 291 g/mol. The predicted molar refractivity (Wildman–Crippen MR) is 69.8 cm³/mol. The van der Waals surface area contributed by atoms with Gasteiger partial charge in [-0.3, -0.25) is 0 Å². The van der Waals surface area contributed by atoms with Crippen LogP contribution in [0, 0.1) is 0 Å². The average Bonchev–Trinajstić information content (AvgIpc) is 2.78. The van der Waals surface area contributed by atoms with Crippen molar-refractivity contribution in [3.05, 3.63) is 29.6 Å². The molecule has 0 atom stereocenters. The first-order valence-electron chi connectivity index (χ1n) is 5.87. The molecule has 0 aliphatic rings. The summed E-state index contributed by atoms with van der Waals surface area (Å²) in [6.07, 6.45) is -2.80. The Morgan fingerprint density at radius 1 is 1.35 bits per heavy atom. The number of anilines is 1. The third kappa shape index (κ3) is 3.38. The first-order chi connectivity index (χ1) is 9.40. The number of rotatable bonds is 4. The number of nitrogens with two attached hydrogens (primary N) is 1. The lowest BCUT2D eigenvalue weighted by Crippen LogP contribution is -2.05. The highest BCUT2D eigenvalue weighted by molar-refractivity contribution is 7.07. The van der Waals surface area contributed by atoms with Gasteiger partial charge in [0.2, 0.25) is 0 Å². The Bertz CT molecular complexity index is 598. The molecule has 20 heavy (non-hydrogen) atoms. The fraction of sp³-hybridized carbons (Fsp3) is 0.333. The molecule has 0 radical (unpaired) electrons. The number of ether oxygens (including phenoxy) is 1. The van der Waals surface area contributed by atoms with E-state index in [2.05, 4.69) is 9.36 Å². The standard InChI is InChI=1S/C12H12F3N3OS/c1-2-3-10-17-11(20-18-10)19-9-5-4-7(6-8(9)16)12(13,14)15/h4-6H,2-3,16H2,1H3. The summed E-state index contributed by atoms with van der Waals surface area (Å²) in [5.74, 6) is 0.787. The smallest absolute Gasteiger partial charge is 0.416 e. The van der Waals surface area contributed by atoms with Gasteiger partial charge in [0.25, 0.3) is 5.19 Å². The van der Waals surface area contributed by atoms with E-state index in [9.17, 15) is 13.2 Å². The van der Waals surface area contributed by atoms with Crippen LogP contribution in [0.3, 0.4) is 0 Å². The summed E-state index contributed by atoms with van der Waals surface area (Å²) in [4.78, 5) is 4.11. The lowest BCUT2D eigenvalue weighted by Gasteiger charge is -2.10. The van der Waals surface area contributed by atoms with Gasteiger partial charge >= 0.3 is 6.18 Å². The lowest BCUT2D eigenvalue weighted by atomic mass is 10.2. The van der Waals surface area contributed by atoms with Crippen molar-refractivity contribution in [2.45, 2.75) is 25.9 Å². The van der Waals surface area contributed by atoms with Gasteiger partial charge in [-0.15, -0.1) is 0 Å². The Morgan fingerprint density at radius 3 is 2.70 bits per heavy atom. The molecule has 0 unspecified atom stereocenters. The Kier molecular flexibility index (Phi) is 4.12. The van der Waals surface area contributed by atoms with E-state index < -0.39 is 11.7 Å². The second kappa shape index (κ2) is 5.66. The number of hydrogen-bond acceptors (Lipinski definition) is 5. The van der Waals surface area contributed by atoms with Crippen LogP contribution in [-0.4, -0.2) is 9.36 Å². The van der Waals surface area contributed by atoms with Crippen LogP contribution in [0.1, 0.15) is 24.7 Å². The number of nitrogen functional groups attached to an aromatic ring is 1. The SMILES string of the molecule is CCCc1nsc(Oc2ccc(C(F)(F)F)cc2N)n1. The predicted octanol–water partition coefficient (Wildman–Crippen LogP) is 3.88. The molecule has 2 N–H and O–H groups in total. The molecule has 2 rings (SSSR count). The molecule has 0 bridgehead atoms. The van der Waals surface area contributed by atoms with Gasteiger partial charge in [0.15, 0.2) is 5.75 Å². The van der Waals surface area contributed by atoms with Gasteiger partial charge in [0.1, 0.15) is 5.82 Å². The Balaban J connectivity index is 2.17. The third-order valence-corrected chi connectivity index (χ3v) is 3.09. The van der Waals surface area contributed by atoms with Crippen molar-refractivity contribution in [3.63, 3.8) is 0 Å². The summed E-state index contributed by atoms with van der Waals surface area (Å²) in [6, 6.07) is 2.93. The maximum absolute atomic E-state index is 12.5. The number of halogens is 3. The van der Waals surface area contributed by atoms with E-state index in [1.54, 1.807) is 0 Å². The van der Waals surface area contributed by atoms with Gasteiger partial charge in [0, 0.05) is 18.0 Å².